The number of aromatic nitrogens is 1. The molecule has 0 unspecified atom stereocenters. The SMILES string of the molecule is Cc1nc(CNC(=O)C2(CN)CCC2)sc1C(=O)O. The topological polar surface area (TPSA) is 105 Å². The van der Waals surface area contributed by atoms with E-state index in [-0.39, 0.29) is 17.3 Å². The highest BCUT2D eigenvalue weighted by Gasteiger charge is 2.42. The van der Waals surface area contributed by atoms with E-state index in [0.717, 1.165) is 30.6 Å². The molecule has 0 aliphatic heterocycles. The number of nitrogens with zero attached hydrogens (tertiary/aromatic N) is 1. The lowest BCUT2D eigenvalue weighted by Gasteiger charge is -2.38. The van der Waals surface area contributed by atoms with Crippen molar-refractivity contribution in [3.8, 4) is 0 Å². The molecule has 4 N–H and O–H groups in total. The second-order valence-electron chi connectivity index (χ2n) is 4.85. The van der Waals surface area contributed by atoms with Crippen LogP contribution in [0.5, 0.6) is 0 Å². The summed E-state index contributed by atoms with van der Waals surface area (Å²) in [6.07, 6.45) is 2.68. The van der Waals surface area contributed by atoms with Gasteiger partial charge in [-0.1, -0.05) is 6.42 Å². The zero-order valence-corrected chi connectivity index (χ0v) is 11.5. The molecule has 0 radical (unpaired) electrons. The lowest BCUT2D eigenvalue weighted by molar-refractivity contribution is -0.135. The summed E-state index contributed by atoms with van der Waals surface area (Å²) < 4.78 is 0. The van der Waals surface area contributed by atoms with Crippen LogP contribution in [0.15, 0.2) is 0 Å². The van der Waals surface area contributed by atoms with E-state index >= 15 is 0 Å². The summed E-state index contributed by atoms with van der Waals surface area (Å²) in [5.74, 6) is -1.03. The first-order chi connectivity index (χ1) is 8.98. The summed E-state index contributed by atoms with van der Waals surface area (Å²) in [4.78, 5) is 27.3. The van der Waals surface area contributed by atoms with Crippen molar-refractivity contribution in [2.45, 2.75) is 32.7 Å². The van der Waals surface area contributed by atoms with Gasteiger partial charge in [-0.25, -0.2) is 9.78 Å². The molecule has 0 saturated heterocycles. The Hall–Kier alpha value is -1.47. The number of hydrogen-bond donors (Lipinski definition) is 3. The number of aryl methyl sites for hydroxylation is 1. The second kappa shape index (κ2) is 5.26. The zero-order chi connectivity index (χ0) is 14.0. The highest BCUT2D eigenvalue weighted by molar-refractivity contribution is 7.13. The number of carbonyl (C=O) groups excluding carboxylic acids is 1. The molecule has 104 valence electrons. The molecule has 1 aliphatic rings. The third kappa shape index (κ3) is 2.62. The number of hydrogen-bond acceptors (Lipinski definition) is 5. The minimum absolute atomic E-state index is 0.0500. The molecular formula is C12H17N3O3S. The average Bonchev–Trinajstić information content (AvgIpc) is 2.67. The number of amides is 1. The maximum Gasteiger partial charge on any atom is 0.347 e. The molecular weight excluding hydrogens is 266 g/mol. The van der Waals surface area contributed by atoms with Crippen molar-refractivity contribution in [3.05, 3.63) is 15.6 Å². The number of carbonyl (C=O) groups is 2. The first-order valence-corrected chi connectivity index (χ1v) is 6.98. The fourth-order valence-corrected chi connectivity index (χ4v) is 3.04. The van der Waals surface area contributed by atoms with Crippen LogP contribution in [0.2, 0.25) is 0 Å². The van der Waals surface area contributed by atoms with Crippen molar-refractivity contribution < 1.29 is 14.7 Å². The van der Waals surface area contributed by atoms with E-state index in [1.54, 1.807) is 6.92 Å². The van der Waals surface area contributed by atoms with Gasteiger partial charge in [-0.2, -0.15) is 0 Å². The van der Waals surface area contributed by atoms with Gasteiger partial charge in [0, 0.05) is 6.54 Å². The maximum absolute atomic E-state index is 12.0. The van der Waals surface area contributed by atoms with Crippen LogP contribution in [0.1, 0.15) is 39.6 Å². The Morgan fingerprint density at radius 1 is 1.53 bits per heavy atom. The molecule has 1 aromatic heterocycles. The summed E-state index contributed by atoms with van der Waals surface area (Å²) in [5, 5.41) is 12.4. The van der Waals surface area contributed by atoms with Crippen LogP contribution in [-0.2, 0) is 11.3 Å². The van der Waals surface area contributed by atoms with Gasteiger partial charge >= 0.3 is 5.97 Å². The Balaban J connectivity index is 1.97. The van der Waals surface area contributed by atoms with Gasteiger partial charge in [0.1, 0.15) is 9.88 Å². The van der Waals surface area contributed by atoms with Crippen molar-refractivity contribution in [1.82, 2.24) is 10.3 Å². The summed E-state index contributed by atoms with van der Waals surface area (Å²) in [6, 6.07) is 0. The van der Waals surface area contributed by atoms with E-state index in [2.05, 4.69) is 10.3 Å². The van der Waals surface area contributed by atoms with Crippen LogP contribution in [0.4, 0.5) is 0 Å². The fourth-order valence-electron chi connectivity index (χ4n) is 2.20. The molecule has 6 nitrogen and oxygen atoms in total. The van der Waals surface area contributed by atoms with Crippen molar-refractivity contribution >= 4 is 23.2 Å². The van der Waals surface area contributed by atoms with E-state index in [0.29, 0.717) is 17.2 Å². The van der Waals surface area contributed by atoms with Crippen LogP contribution in [0.25, 0.3) is 0 Å². The van der Waals surface area contributed by atoms with Crippen molar-refractivity contribution in [1.29, 1.82) is 0 Å². The monoisotopic (exact) mass is 283 g/mol. The molecule has 0 bridgehead atoms. The minimum Gasteiger partial charge on any atom is -0.477 e. The third-order valence-corrected chi connectivity index (χ3v) is 4.76. The Morgan fingerprint density at radius 3 is 2.63 bits per heavy atom. The number of rotatable bonds is 5. The van der Waals surface area contributed by atoms with Gasteiger partial charge in [0.05, 0.1) is 17.7 Å². The van der Waals surface area contributed by atoms with Crippen LogP contribution < -0.4 is 11.1 Å². The van der Waals surface area contributed by atoms with Gasteiger partial charge in [0.25, 0.3) is 0 Å². The molecule has 0 aromatic carbocycles. The molecule has 19 heavy (non-hydrogen) atoms. The molecule has 1 fully saturated rings. The predicted molar refractivity (Wildman–Crippen MR) is 71.0 cm³/mol. The maximum atomic E-state index is 12.0. The third-order valence-electron chi connectivity index (χ3n) is 3.62. The van der Waals surface area contributed by atoms with E-state index in [4.69, 9.17) is 10.8 Å². The van der Waals surface area contributed by atoms with Gasteiger partial charge in [0.2, 0.25) is 5.91 Å². The Bertz CT molecular complexity index is 503. The minimum atomic E-state index is -0.981. The molecule has 1 amide bonds. The number of thiazole rings is 1. The molecule has 7 heteroatoms. The van der Waals surface area contributed by atoms with E-state index < -0.39 is 11.4 Å². The summed E-state index contributed by atoms with van der Waals surface area (Å²) >= 11 is 1.10. The highest BCUT2D eigenvalue weighted by atomic mass is 32.1. The smallest absolute Gasteiger partial charge is 0.347 e. The quantitative estimate of drug-likeness (QED) is 0.744. The fraction of sp³-hybridized carbons (Fsp3) is 0.583. The normalized spacial score (nSPS) is 16.7. The van der Waals surface area contributed by atoms with E-state index in [1.807, 2.05) is 0 Å². The van der Waals surface area contributed by atoms with Gasteiger partial charge in [-0.15, -0.1) is 11.3 Å². The summed E-state index contributed by atoms with van der Waals surface area (Å²) in [6.45, 7) is 2.27. The Labute approximate surface area is 115 Å². The molecule has 1 saturated carbocycles. The van der Waals surface area contributed by atoms with E-state index in [1.165, 1.54) is 0 Å². The van der Waals surface area contributed by atoms with Crippen LogP contribution in [-0.4, -0.2) is 28.5 Å². The Kier molecular flexibility index (Phi) is 3.86. The lowest BCUT2D eigenvalue weighted by atomic mass is 9.68. The number of nitrogens with one attached hydrogen (secondary N) is 1. The van der Waals surface area contributed by atoms with Gasteiger partial charge in [-0.3, -0.25) is 4.79 Å². The molecule has 0 atom stereocenters. The zero-order valence-electron chi connectivity index (χ0n) is 10.7. The largest absolute Gasteiger partial charge is 0.477 e. The highest BCUT2D eigenvalue weighted by Crippen LogP contribution is 2.40. The van der Waals surface area contributed by atoms with Crippen LogP contribution in [0.3, 0.4) is 0 Å². The Morgan fingerprint density at radius 2 is 2.21 bits per heavy atom. The number of carboxylic acid groups (broad SMARTS) is 1. The molecule has 2 rings (SSSR count). The molecule has 1 aromatic rings. The first kappa shape index (κ1) is 14.0. The molecule has 1 heterocycles. The summed E-state index contributed by atoms with van der Waals surface area (Å²) in [7, 11) is 0. The van der Waals surface area contributed by atoms with Crippen molar-refractivity contribution in [3.63, 3.8) is 0 Å². The van der Waals surface area contributed by atoms with Crippen molar-refractivity contribution in [2.75, 3.05) is 6.54 Å². The molecule has 1 aliphatic carbocycles. The van der Waals surface area contributed by atoms with Crippen molar-refractivity contribution in [2.24, 2.45) is 11.1 Å². The van der Waals surface area contributed by atoms with Crippen LogP contribution >= 0.6 is 11.3 Å². The van der Waals surface area contributed by atoms with Gasteiger partial charge in [0.15, 0.2) is 0 Å². The first-order valence-electron chi connectivity index (χ1n) is 6.16. The number of carboxylic acids is 1. The van der Waals surface area contributed by atoms with Crippen LogP contribution in [0, 0.1) is 12.3 Å². The number of aromatic carboxylic acids is 1. The van der Waals surface area contributed by atoms with Gasteiger partial charge in [-0.05, 0) is 19.8 Å². The van der Waals surface area contributed by atoms with E-state index in [9.17, 15) is 9.59 Å². The standard InChI is InChI=1S/C12H17N3O3S/c1-7-9(10(16)17)19-8(15-7)5-14-11(18)12(6-13)3-2-4-12/h2-6,13H2,1H3,(H,14,18)(H,16,17). The molecule has 0 spiro atoms. The second-order valence-corrected chi connectivity index (χ2v) is 5.93. The lowest BCUT2D eigenvalue weighted by Crippen LogP contribution is -2.50. The van der Waals surface area contributed by atoms with Gasteiger partial charge < -0.3 is 16.2 Å². The predicted octanol–water partition coefficient (Wildman–Crippen LogP) is 0.895. The average molecular weight is 283 g/mol. The summed E-state index contributed by atoms with van der Waals surface area (Å²) in [5.41, 5.74) is 5.73. The number of nitrogens with two attached hydrogens (primary N) is 1.